The Labute approximate surface area is 185 Å². The number of hydrogen-bond acceptors (Lipinski definition) is 7. The van der Waals surface area contributed by atoms with Crippen LogP contribution in [0.1, 0.15) is 34.8 Å². The molecule has 1 aromatic carbocycles. The minimum Gasteiger partial charge on any atom is -0.296 e. The van der Waals surface area contributed by atoms with Gasteiger partial charge in [-0.3, -0.25) is 14.8 Å². The zero-order chi connectivity index (χ0) is 21.3. The van der Waals surface area contributed by atoms with E-state index in [0.717, 1.165) is 32.4 Å². The van der Waals surface area contributed by atoms with E-state index in [4.69, 9.17) is 0 Å². The Balaban J connectivity index is 1.42. The summed E-state index contributed by atoms with van der Waals surface area (Å²) in [6, 6.07) is 8.26. The molecule has 30 heavy (non-hydrogen) atoms. The van der Waals surface area contributed by atoms with Crippen molar-refractivity contribution >= 4 is 55.7 Å². The molecular formula is C20H20FN5OS3. The Kier molecular flexibility index (Phi) is 6.16. The number of benzene rings is 1. The highest BCUT2D eigenvalue weighted by atomic mass is 32.2. The summed E-state index contributed by atoms with van der Waals surface area (Å²) in [5, 5.41) is 17.1. The van der Waals surface area contributed by atoms with Crippen molar-refractivity contribution in [1.29, 1.82) is 0 Å². The Hall–Kier alpha value is -2.30. The van der Waals surface area contributed by atoms with E-state index in [2.05, 4.69) is 34.5 Å². The molecule has 0 saturated carbocycles. The predicted molar refractivity (Wildman–Crippen MR) is 121 cm³/mol. The number of nitrogens with one attached hydrogen (secondary N) is 1. The largest absolute Gasteiger partial charge is 0.296 e. The van der Waals surface area contributed by atoms with E-state index in [9.17, 15) is 9.18 Å². The minimum atomic E-state index is -0.252. The van der Waals surface area contributed by atoms with Gasteiger partial charge in [-0.15, -0.1) is 21.5 Å². The van der Waals surface area contributed by atoms with Crippen molar-refractivity contribution in [3.8, 4) is 0 Å². The van der Waals surface area contributed by atoms with Gasteiger partial charge >= 0.3 is 0 Å². The molecule has 0 radical (unpaired) electrons. The number of aryl methyl sites for hydroxylation is 1. The lowest BCUT2D eigenvalue weighted by molar-refractivity contribution is 0.103. The summed E-state index contributed by atoms with van der Waals surface area (Å²) in [6.45, 7) is 7.07. The van der Waals surface area contributed by atoms with E-state index in [1.54, 1.807) is 12.1 Å². The van der Waals surface area contributed by atoms with Crippen molar-refractivity contribution in [2.75, 3.05) is 5.32 Å². The first kappa shape index (κ1) is 21.0. The third-order valence-electron chi connectivity index (χ3n) is 4.27. The fourth-order valence-electron chi connectivity index (χ4n) is 2.90. The molecule has 0 saturated heterocycles. The first-order valence-corrected chi connectivity index (χ1v) is 12.0. The normalized spacial score (nSPS) is 11.5. The van der Waals surface area contributed by atoms with E-state index in [1.165, 1.54) is 46.6 Å². The molecular weight excluding hydrogens is 441 g/mol. The van der Waals surface area contributed by atoms with Gasteiger partial charge in [0.05, 0.1) is 10.6 Å². The van der Waals surface area contributed by atoms with Crippen LogP contribution in [0.15, 0.2) is 34.7 Å². The zero-order valence-electron chi connectivity index (χ0n) is 16.7. The maximum Gasteiger partial charge on any atom is 0.267 e. The second-order valence-corrected chi connectivity index (χ2v) is 10.5. The second kappa shape index (κ2) is 8.83. The zero-order valence-corrected chi connectivity index (χ0v) is 19.1. The molecule has 0 aliphatic rings. The molecule has 4 aromatic rings. The van der Waals surface area contributed by atoms with E-state index >= 15 is 0 Å². The summed E-state index contributed by atoms with van der Waals surface area (Å²) in [6.07, 6.45) is 0. The Morgan fingerprint density at radius 3 is 2.73 bits per heavy atom. The molecule has 3 aromatic heterocycles. The Morgan fingerprint density at radius 2 is 2.00 bits per heavy atom. The molecule has 3 heterocycles. The van der Waals surface area contributed by atoms with Gasteiger partial charge in [-0.25, -0.2) is 4.39 Å². The monoisotopic (exact) mass is 461 g/mol. The number of carbonyl (C=O) groups excluding carboxylic acids is 1. The number of aromatic nitrogens is 4. The number of anilines is 1. The molecule has 0 unspecified atom stereocenters. The molecule has 0 atom stereocenters. The summed E-state index contributed by atoms with van der Waals surface area (Å²) < 4.78 is 15.7. The summed E-state index contributed by atoms with van der Waals surface area (Å²) in [7, 11) is 0. The Morgan fingerprint density at radius 1 is 1.23 bits per heavy atom. The summed E-state index contributed by atoms with van der Waals surface area (Å²) in [4.78, 5) is 14.4. The molecule has 6 nitrogen and oxygen atoms in total. The molecule has 0 fully saturated rings. The van der Waals surface area contributed by atoms with Gasteiger partial charge in [-0.1, -0.05) is 49.1 Å². The van der Waals surface area contributed by atoms with Gasteiger partial charge in [-0.05, 0) is 36.6 Å². The van der Waals surface area contributed by atoms with Crippen LogP contribution in [0.25, 0.3) is 10.2 Å². The summed E-state index contributed by atoms with van der Waals surface area (Å²) >= 11 is 4.26. The van der Waals surface area contributed by atoms with Crippen LogP contribution in [-0.2, 0) is 12.3 Å². The molecule has 0 bridgehead atoms. The number of rotatable bonds is 7. The van der Waals surface area contributed by atoms with Crippen LogP contribution in [0.5, 0.6) is 0 Å². The highest BCUT2D eigenvalue weighted by molar-refractivity contribution is 8.00. The Bertz CT molecular complexity index is 1180. The van der Waals surface area contributed by atoms with E-state index in [-0.39, 0.29) is 11.7 Å². The minimum absolute atomic E-state index is 0.196. The lowest BCUT2D eigenvalue weighted by atomic mass is 10.2. The van der Waals surface area contributed by atoms with Gasteiger partial charge in [-0.2, -0.15) is 5.10 Å². The van der Waals surface area contributed by atoms with Crippen molar-refractivity contribution in [1.82, 2.24) is 20.0 Å². The maximum atomic E-state index is 13.0. The molecule has 0 spiro atoms. The van der Waals surface area contributed by atoms with E-state index in [0.29, 0.717) is 21.7 Å². The molecule has 0 aliphatic heterocycles. The van der Waals surface area contributed by atoms with Crippen LogP contribution in [0, 0.1) is 18.7 Å². The smallest absolute Gasteiger partial charge is 0.267 e. The second-order valence-electron chi connectivity index (χ2n) is 7.23. The molecule has 1 amide bonds. The average molecular weight is 462 g/mol. The third kappa shape index (κ3) is 4.71. The number of amides is 1. The van der Waals surface area contributed by atoms with E-state index < -0.39 is 0 Å². The van der Waals surface area contributed by atoms with Crippen LogP contribution in [0.4, 0.5) is 9.52 Å². The third-order valence-corrected chi connectivity index (χ3v) is 7.46. The van der Waals surface area contributed by atoms with E-state index in [1.807, 2.05) is 17.7 Å². The van der Waals surface area contributed by atoms with Crippen LogP contribution >= 0.6 is 34.4 Å². The van der Waals surface area contributed by atoms with Gasteiger partial charge in [0.25, 0.3) is 5.91 Å². The topological polar surface area (TPSA) is 72.7 Å². The highest BCUT2D eigenvalue weighted by Gasteiger charge is 2.18. The average Bonchev–Trinajstić information content (AvgIpc) is 3.39. The molecule has 156 valence electrons. The predicted octanol–water partition coefficient (Wildman–Crippen LogP) is 5.60. The van der Waals surface area contributed by atoms with Crippen molar-refractivity contribution in [3.05, 3.63) is 52.3 Å². The van der Waals surface area contributed by atoms with Gasteiger partial charge in [0.1, 0.15) is 10.6 Å². The first-order chi connectivity index (χ1) is 14.4. The lowest BCUT2D eigenvalue weighted by Gasteiger charge is -2.04. The SMILES string of the molecule is Cc1nn(CC(C)C)c2sc(C(=O)Nc3nnc(SCc4ccc(F)cc4)s3)cc12. The van der Waals surface area contributed by atoms with Gasteiger partial charge in [0.2, 0.25) is 5.13 Å². The molecule has 10 heteroatoms. The van der Waals surface area contributed by atoms with Crippen molar-refractivity contribution in [2.45, 2.75) is 37.4 Å². The van der Waals surface area contributed by atoms with Crippen LogP contribution in [0.3, 0.4) is 0 Å². The van der Waals surface area contributed by atoms with Crippen molar-refractivity contribution in [2.24, 2.45) is 5.92 Å². The molecule has 4 rings (SSSR count). The quantitative estimate of drug-likeness (QED) is 0.287. The summed E-state index contributed by atoms with van der Waals surface area (Å²) in [5.41, 5.74) is 1.93. The summed E-state index contributed by atoms with van der Waals surface area (Å²) in [5.74, 6) is 0.681. The number of hydrogen-bond donors (Lipinski definition) is 1. The maximum absolute atomic E-state index is 13.0. The molecule has 1 N–H and O–H groups in total. The van der Waals surface area contributed by atoms with Gasteiger partial charge < -0.3 is 0 Å². The van der Waals surface area contributed by atoms with Crippen LogP contribution in [-0.4, -0.2) is 25.9 Å². The number of thiophene rings is 1. The standard InChI is InChI=1S/C20H20FN5OS3/c1-11(2)9-26-18-15(12(3)25-26)8-16(29-18)17(27)22-19-23-24-20(30-19)28-10-13-4-6-14(21)7-5-13/h4-8,11H,9-10H2,1-3H3,(H,22,23,27). The number of carbonyl (C=O) groups is 1. The van der Waals surface area contributed by atoms with Gasteiger partial charge in [0, 0.05) is 17.7 Å². The fraction of sp³-hybridized carbons (Fsp3) is 0.300. The fourth-order valence-corrected chi connectivity index (χ4v) is 5.67. The van der Waals surface area contributed by atoms with Crippen LogP contribution in [0.2, 0.25) is 0 Å². The highest BCUT2D eigenvalue weighted by Crippen LogP contribution is 2.31. The number of nitrogens with zero attached hydrogens (tertiary/aromatic N) is 4. The lowest BCUT2D eigenvalue weighted by Crippen LogP contribution is -2.10. The van der Waals surface area contributed by atoms with Crippen molar-refractivity contribution in [3.63, 3.8) is 0 Å². The molecule has 0 aliphatic carbocycles. The first-order valence-electron chi connectivity index (χ1n) is 9.38. The van der Waals surface area contributed by atoms with Gasteiger partial charge in [0.15, 0.2) is 4.34 Å². The number of thioether (sulfide) groups is 1. The number of halogens is 1. The van der Waals surface area contributed by atoms with Crippen LogP contribution < -0.4 is 5.32 Å². The number of fused-ring (bicyclic) bond motifs is 1. The van der Waals surface area contributed by atoms with Crippen molar-refractivity contribution < 1.29 is 9.18 Å².